The summed E-state index contributed by atoms with van der Waals surface area (Å²) >= 11 is 0. The topological polar surface area (TPSA) is 96.5 Å². The lowest BCUT2D eigenvalue weighted by Crippen LogP contribution is -2.41. The molecule has 0 spiro atoms. The minimum absolute atomic E-state index is 0.115. The molecule has 1 unspecified atom stereocenters. The number of hydrogen-bond donors (Lipinski definition) is 2. The van der Waals surface area contributed by atoms with Crippen LogP contribution in [-0.2, 0) is 16.0 Å². The minimum Gasteiger partial charge on any atom is -0.480 e. The zero-order chi connectivity index (χ0) is 15.7. The third kappa shape index (κ3) is 2.72. The maximum Gasteiger partial charge on any atom is 0.326 e. The van der Waals surface area contributed by atoms with Gasteiger partial charge in [0.25, 0.3) is 0 Å². The predicted molar refractivity (Wildman–Crippen MR) is 82.2 cm³/mol. The van der Waals surface area contributed by atoms with E-state index in [0.29, 0.717) is 24.3 Å². The highest BCUT2D eigenvalue weighted by Gasteiger charge is 2.33. The Morgan fingerprint density at radius 3 is 2.91 bits per heavy atom. The van der Waals surface area contributed by atoms with Crippen molar-refractivity contribution < 1.29 is 14.7 Å². The molecule has 6 heteroatoms. The molecule has 1 aliphatic heterocycles. The molecule has 0 bridgehead atoms. The summed E-state index contributed by atoms with van der Waals surface area (Å²) in [6.45, 7) is 0.500. The number of nitrogen functional groups attached to an aromatic ring is 1. The maximum atomic E-state index is 12.3. The fraction of sp³-hybridized carbons (Fsp3) is 0.312. The zero-order valence-corrected chi connectivity index (χ0v) is 12.0. The normalized spacial score (nSPS) is 17.8. The number of pyridine rings is 1. The van der Waals surface area contributed by atoms with Crippen LogP contribution in [0.1, 0.15) is 18.5 Å². The molecule has 3 rings (SSSR count). The number of hydrogen-bond acceptors (Lipinski definition) is 4. The number of rotatable bonds is 3. The highest BCUT2D eigenvalue weighted by Crippen LogP contribution is 2.20. The third-order valence-electron chi connectivity index (χ3n) is 3.96. The van der Waals surface area contributed by atoms with Gasteiger partial charge in [-0.1, -0.05) is 6.07 Å². The van der Waals surface area contributed by atoms with Crippen LogP contribution < -0.4 is 5.73 Å². The summed E-state index contributed by atoms with van der Waals surface area (Å²) in [7, 11) is 0. The summed E-state index contributed by atoms with van der Waals surface area (Å²) in [5, 5.41) is 10.1. The van der Waals surface area contributed by atoms with Crippen molar-refractivity contribution in [2.45, 2.75) is 25.3 Å². The Kier molecular flexibility index (Phi) is 3.66. The summed E-state index contributed by atoms with van der Waals surface area (Å²) in [4.78, 5) is 29.4. The molecular formula is C16H17N3O3. The molecule has 114 valence electrons. The first kappa shape index (κ1) is 14.3. The van der Waals surface area contributed by atoms with Crippen molar-refractivity contribution in [2.75, 3.05) is 12.3 Å². The Balaban J connectivity index is 1.79. The number of aromatic nitrogens is 1. The molecule has 1 aromatic carbocycles. The molecule has 1 atom stereocenters. The van der Waals surface area contributed by atoms with E-state index in [2.05, 4.69) is 4.98 Å². The van der Waals surface area contributed by atoms with Crippen molar-refractivity contribution in [3.63, 3.8) is 0 Å². The second-order valence-corrected chi connectivity index (χ2v) is 5.51. The SMILES string of the molecule is Nc1ccc2nc(CC(=O)N3CCCC3C(=O)O)ccc2c1. The smallest absolute Gasteiger partial charge is 0.326 e. The van der Waals surface area contributed by atoms with Crippen LogP contribution in [0.15, 0.2) is 30.3 Å². The highest BCUT2D eigenvalue weighted by atomic mass is 16.4. The van der Waals surface area contributed by atoms with Crippen molar-refractivity contribution >= 4 is 28.5 Å². The fourth-order valence-electron chi connectivity index (χ4n) is 2.86. The Morgan fingerprint density at radius 1 is 1.32 bits per heavy atom. The van der Waals surface area contributed by atoms with Crippen molar-refractivity contribution in [3.8, 4) is 0 Å². The van der Waals surface area contributed by atoms with Crippen LogP contribution in [0.25, 0.3) is 10.9 Å². The van der Waals surface area contributed by atoms with Crippen LogP contribution >= 0.6 is 0 Å². The van der Waals surface area contributed by atoms with Crippen LogP contribution in [0.4, 0.5) is 5.69 Å². The van der Waals surface area contributed by atoms with Gasteiger partial charge in [-0.05, 0) is 37.1 Å². The molecule has 0 aliphatic carbocycles. The molecule has 0 radical (unpaired) electrons. The summed E-state index contributed by atoms with van der Waals surface area (Å²) in [5.74, 6) is -1.13. The first-order valence-corrected chi connectivity index (χ1v) is 7.22. The highest BCUT2D eigenvalue weighted by molar-refractivity contribution is 5.86. The molecule has 0 saturated carbocycles. The number of carbonyl (C=O) groups is 2. The summed E-state index contributed by atoms with van der Waals surface area (Å²) in [6.07, 6.45) is 1.36. The number of anilines is 1. The van der Waals surface area contributed by atoms with Gasteiger partial charge in [0.1, 0.15) is 6.04 Å². The van der Waals surface area contributed by atoms with Gasteiger partial charge < -0.3 is 15.7 Å². The fourth-order valence-corrected chi connectivity index (χ4v) is 2.86. The number of nitrogens with zero attached hydrogens (tertiary/aromatic N) is 2. The van der Waals surface area contributed by atoms with Crippen molar-refractivity contribution in [1.82, 2.24) is 9.88 Å². The second kappa shape index (κ2) is 5.63. The summed E-state index contributed by atoms with van der Waals surface area (Å²) in [5.41, 5.74) is 7.80. The van der Waals surface area contributed by atoms with Gasteiger partial charge in [-0.2, -0.15) is 0 Å². The molecule has 6 nitrogen and oxygen atoms in total. The monoisotopic (exact) mass is 299 g/mol. The number of likely N-dealkylation sites (tertiary alicyclic amines) is 1. The predicted octanol–water partition coefficient (Wildman–Crippen LogP) is 1.44. The lowest BCUT2D eigenvalue weighted by atomic mass is 10.1. The number of amides is 1. The van der Waals surface area contributed by atoms with Crippen LogP contribution in [0, 0.1) is 0 Å². The van der Waals surface area contributed by atoms with Gasteiger partial charge in [0.05, 0.1) is 17.6 Å². The largest absolute Gasteiger partial charge is 0.480 e. The van der Waals surface area contributed by atoms with Crippen LogP contribution in [0.5, 0.6) is 0 Å². The first-order valence-electron chi connectivity index (χ1n) is 7.22. The van der Waals surface area contributed by atoms with E-state index in [9.17, 15) is 9.59 Å². The quantitative estimate of drug-likeness (QED) is 0.836. The summed E-state index contributed by atoms with van der Waals surface area (Å²) < 4.78 is 0. The average molecular weight is 299 g/mol. The zero-order valence-electron chi connectivity index (χ0n) is 12.0. The van der Waals surface area contributed by atoms with E-state index in [1.165, 1.54) is 4.90 Å². The molecule has 1 saturated heterocycles. The maximum absolute atomic E-state index is 12.3. The molecular weight excluding hydrogens is 282 g/mol. The number of nitrogens with two attached hydrogens (primary N) is 1. The number of carbonyl (C=O) groups excluding carboxylic acids is 1. The summed E-state index contributed by atoms with van der Waals surface area (Å²) in [6, 6.07) is 8.37. The third-order valence-corrected chi connectivity index (χ3v) is 3.96. The molecule has 3 N–H and O–H groups in total. The molecule has 1 fully saturated rings. The lowest BCUT2D eigenvalue weighted by molar-refractivity contribution is -0.148. The Hall–Kier alpha value is -2.63. The van der Waals surface area contributed by atoms with E-state index in [-0.39, 0.29) is 12.3 Å². The number of carboxylic acid groups (broad SMARTS) is 1. The Morgan fingerprint density at radius 2 is 2.14 bits per heavy atom. The minimum atomic E-state index is -0.937. The van der Waals surface area contributed by atoms with E-state index in [0.717, 1.165) is 17.3 Å². The number of benzene rings is 1. The van der Waals surface area contributed by atoms with Crippen molar-refractivity contribution in [2.24, 2.45) is 0 Å². The number of carboxylic acids is 1. The van der Waals surface area contributed by atoms with Gasteiger partial charge >= 0.3 is 5.97 Å². The van der Waals surface area contributed by atoms with Gasteiger partial charge in [0.2, 0.25) is 5.91 Å². The van der Waals surface area contributed by atoms with Gasteiger partial charge in [-0.15, -0.1) is 0 Å². The second-order valence-electron chi connectivity index (χ2n) is 5.51. The molecule has 22 heavy (non-hydrogen) atoms. The van der Waals surface area contributed by atoms with E-state index >= 15 is 0 Å². The van der Waals surface area contributed by atoms with Gasteiger partial charge in [0.15, 0.2) is 0 Å². The Bertz CT molecular complexity index is 744. The van der Waals surface area contributed by atoms with Crippen LogP contribution in [0.2, 0.25) is 0 Å². The lowest BCUT2D eigenvalue weighted by Gasteiger charge is -2.21. The van der Waals surface area contributed by atoms with Gasteiger partial charge in [-0.3, -0.25) is 9.78 Å². The molecule has 2 aromatic rings. The molecule has 1 aliphatic rings. The number of aliphatic carboxylic acids is 1. The molecule has 1 aromatic heterocycles. The van der Waals surface area contributed by atoms with E-state index in [1.807, 2.05) is 18.2 Å². The van der Waals surface area contributed by atoms with Crippen molar-refractivity contribution in [3.05, 3.63) is 36.0 Å². The van der Waals surface area contributed by atoms with Crippen LogP contribution in [0.3, 0.4) is 0 Å². The first-order chi connectivity index (χ1) is 10.5. The Labute approximate surface area is 127 Å². The molecule has 1 amide bonds. The van der Waals surface area contributed by atoms with Crippen molar-refractivity contribution in [1.29, 1.82) is 0 Å². The molecule has 2 heterocycles. The van der Waals surface area contributed by atoms with E-state index in [1.54, 1.807) is 12.1 Å². The standard InChI is InChI=1S/C16H17N3O3/c17-11-4-6-13-10(8-11)3-5-12(18-13)9-15(20)19-7-1-2-14(19)16(21)22/h3-6,8,14H,1-2,7,9,17H2,(H,21,22). The number of fused-ring (bicyclic) bond motifs is 1. The van der Waals surface area contributed by atoms with E-state index < -0.39 is 12.0 Å². The average Bonchev–Trinajstić information content (AvgIpc) is 2.97. The van der Waals surface area contributed by atoms with E-state index in [4.69, 9.17) is 10.8 Å². The van der Waals surface area contributed by atoms with Gasteiger partial charge in [0, 0.05) is 17.6 Å². The van der Waals surface area contributed by atoms with Crippen LogP contribution in [-0.4, -0.2) is 39.5 Å². The van der Waals surface area contributed by atoms with Gasteiger partial charge in [-0.25, -0.2) is 4.79 Å².